The van der Waals surface area contributed by atoms with Gasteiger partial charge >= 0.3 is 5.69 Å². The van der Waals surface area contributed by atoms with Gasteiger partial charge in [0.15, 0.2) is 0 Å². The summed E-state index contributed by atoms with van der Waals surface area (Å²) in [7, 11) is 0. The van der Waals surface area contributed by atoms with Gasteiger partial charge in [0.2, 0.25) is 6.23 Å². The average Bonchev–Trinajstić information content (AvgIpc) is 2.98. The van der Waals surface area contributed by atoms with Crippen LogP contribution in [-0.4, -0.2) is 33.5 Å². The second kappa shape index (κ2) is 9.07. The molecule has 2 aromatic rings. The number of rotatable bonds is 7. The molecule has 31 heavy (non-hydrogen) atoms. The fraction of sp³-hybridized carbons (Fsp3) is 0.350. The Hall–Kier alpha value is -3.56. The molecule has 11 heteroatoms. The predicted octanol–water partition coefficient (Wildman–Crippen LogP) is 3.92. The standard InChI is InChI=1S/C20H20F2N6O3/c1-3-7-14(26-27-23)16-12(2)20(21,22)18(31-16)28-11-10-15(25-19(28)30)24-17(29)13-8-5-4-6-9-13/h3-6,8-12,14,16,18H,1,7H2,2H3,(H,24,25,29,30)/t12-,14?,16+,18-/m1/s1. The maximum absolute atomic E-state index is 14.9. The molecular weight excluding hydrogens is 410 g/mol. The predicted molar refractivity (Wildman–Crippen MR) is 109 cm³/mol. The lowest BCUT2D eigenvalue weighted by Crippen LogP contribution is -2.38. The summed E-state index contributed by atoms with van der Waals surface area (Å²) in [4.78, 5) is 31.0. The Morgan fingerprint density at radius 3 is 2.77 bits per heavy atom. The van der Waals surface area contributed by atoms with E-state index in [1.54, 1.807) is 30.3 Å². The van der Waals surface area contributed by atoms with Crippen molar-refractivity contribution >= 4 is 11.7 Å². The monoisotopic (exact) mass is 430 g/mol. The maximum atomic E-state index is 14.9. The van der Waals surface area contributed by atoms with Gasteiger partial charge in [0, 0.05) is 16.7 Å². The molecule has 0 aliphatic carbocycles. The summed E-state index contributed by atoms with van der Waals surface area (Å²) in [5.41, 5.74) is 8.06. The van der Waals surface area contributed by atoms with Gasteiger partial charge in [0.1, 0.15) is 5.82 Å². The van der Waals surface area contributed by atoms with E-state index in [0.717, 1.165) is 6.20 Å². The lowest BCUT2D eigenvalue weighted by Gasteiger charge is -2.22. The van der Waals surface area contributed by atoms with Gasteiger partial charge in [0.05, 0.1) is 18.1 Å². The van der Waals surface area contributed by atoms with Gasteiger partial charge in [-0.05, 0) is 30.2 Å². The van der Waals surface area contributed by atoms with Gasteiger partial charge in [0.25, 0.3) is 11.8 Å². The van der Waals surface area contributed by atoms with E-state index in [2.05, 4.69) is 26.9 Å². The highest BCUT2D eigenvalue weighted by molar-refractivity contribution is 6.03. The van der Waals surface area contributed by atoms with Crippen LogP contribution in [0.2, 0.25) is 0 Å². The normalized spacial score (nSPS) is 22.9. The van der Waals surface area contributed by atoms with E-state index in [9.17, 15) is 18.4 Å². The molecule has 0 spiro atoms. The zero-order chi connectivity index (χ0) is 22.6. The average molecular weight is 430 g/mol. The third-order valence-electron chi connectivity index (χ3n) is 5.06. The van der Waals surface area contributed by atoms with Crippen molar-refractivity contribution in [3.8, 4) is 0 Å². The Morgan fingerprint density at radius 2 is 2.16 bits per heavy atom. The number of nitrogens with one attached hydrogen (secondary N) is 1. The molecule has 1 aliphatic heterocycles. The van der Waals surface area contributed by atoms with Crippen molar-refractivity contribution in [2.24, 2.45) is 11.0 Å². The second-order valence-electron chi connectivity index (χ2n) is 7.04. The maximum Gasteiger partial charge on any atom is 0.351 e. The molecule has 1 aliphatic rings. The zero-order valence-electron chi connectivity index (χ0n) is 16.6. The van der Waals surface area contributed by atoms with Crippen LogP contribution in [0, 0.1) is 5.92 Å². The molecule has 1 N–H and O–H groups in total. The minimum atomic E-state index is -3.44. The van der Waals surface area contributed by atoms with Crippen molar-refractivity contribution in [1.29, 1.82) is 0 Å². The van der Waals surface area contributed by atoms with Crippen molar-refractivity contribution in [1.82, 2.24) is 9.55 Å². The number of hydrogen-bond acceptors (Lipinski definition) is 5. The quantitative estimate of drug-likeness (QED) is 0.310. The van der Waals surface area contributed by atoms with E-state index >= 15 is 0 Å². The Labute approximate surface area is 176 Å². The van der Waals surface area contributed by atoms with E-state index in [1.807, 2.05) is 0 Å². The first-order valence-electron chi connectivity index (χ1n) is 9.43. The fourth-order valence-electron chi connectivity index (χ4n) is 3.40. The van der Waals surface area contributed by atoms with Crippen molar-refractivity contribution in [2.75, 3.05) is 5.32 Å². The Balaban J connectivity index is 1.85. The third-order valence-corrected chi connectivity index (χ3v) is 5.06. The first-order valence-corrected chi connectivity index (χ1v) is 9.43. The molecule has 1 fully saturated rings. The fourth-order valence-corrected chi connectivity index (χ4v) is 3.40. The molecule has 0 bridgehead atoms. The largest absolute Gasteiger partial charge is 0.351 e. The minimum absolute atomic E-state index is 0.0837. The van der Waals surface area contributed by atoms with Gasteiger partial charge in [-0.3, -0.25) is 9.36 Å². The van der Waals surface area contributed by atoms with Crippen LogP contribution < -0.4 is 11.0 Å². The summed E-state index contributed by atoms with van der Waals surface area (Å²) in [5.74, 6) is -5.35. The highest BCUT2D eigenvalue weighted by Crippen LogP contribution is 2.48. The van der Waals surface area contributed by atoms with Crippen LogP contribution in [0.4, 0.5) is 14.6 Å². The van der Waals surface area contributed by atoms with E-state index in [0.29, 0.717) is 10.1 Å². The molecular formula is C20H20F2N6O3. The summed E-state index contributed by atoms with van der Waals surface area (Å²) in [5, 5.41) is 5.99. The summed E-state index contributed by atoms with van der Waals surface area (Å²) in [6.07, 6.45) is -0.399. The van der Waals surface area contributed by atoms with Crippen LogP contribution in [-0.2, 0) is 4.74 Å². The van der Waals surface area contributed by atoms with Crippen molar-refractivity contribution < 1.29 is 18.3 Å². The summed E-state index contributed by atoms with van der Waals surface area (Å²) in [6.45, 7) is 4.80. The molecule has 4 atom stereocenters. The number of anilines is 1. The highest BCUT2D eigenvalue weighted by Gasteiger charge is 2.59. The van der Waals surface area contributed by atoms with Crippen molar-refractivity contribution in [3.05, 3.63) is 81.7 Å². The lowest BCUT2D eigenvalue weighted by molar-refractivity contribution is -0.126. The van der Waals surface area contributed by atoms with E-state index < -0.39 is 41.8 Å². The van der Waals surface area contributed by atoms with Crippen LogP contribution in [0.5, 0.6) is 0 Å². The van der Waals surface area contributed by atoms with Gasteiger partial charge in [-0.2, -0.15) is 4.98 Å². The lowest BCUT2D eigenvalue weighted by atomic mass is 9.93. The van der Waals surface area contributed by atoms with E-state index in [4.69, 9.17) is 10.3 Å². The van der Waals surface area contributed by atoms with Gasteiger partial charge in [-0.15, -0.1) is 6.58 Å². The first-order chi connectivity index (χ1) is 14.8. The third kappa shape index (κ3) is 4.47. The second-order valence-corrected chi connectivity index (χ2v) is 7.04. The summed E-state index contributed by atoms with van der Waals surface area (Å²) in [6, 6.07) is 8.58. The van der Waals surface area contributed by atoms with E-state index in [-0.39, 0.29) is 12.2 Å². The van der Waals surface area contributed by atoms with Crippen LogP contribution in [0.3, 0.4) is 0 Å². The number of ether oxygens (including phenoxy) is 1. The number of alkyl halides is 2. The van der Waals surface area contributed by atoms with Crippen LogP contribution >= 0.6 is 0 Å². The van der Waals surface area contributed by atoms with Gasteiger partial charge in [-0.25, -0.2) is 13.6 Å². The van der Waals surface area contributed by atoms with Gasteiger partial charge in [-0.1, -0.05) is 36.3 Å². The molecule has 1 amide bonds. The molecule has 162 valence electrons. The summed E-state index contributed by atoms with van der Waals surface area (Å²) >= 11 is 0. The number of benzene rings is 1. The number of aromatic nitrogens is 2. The number of amides is 1. The van der Waals surface area contributed by atoms with E-state index in [1.165, 1.54) is 19.1 Å². The molecule has 2 heterocycles. The number of carbonyl (C=O) groups excluding carboxylic acids is 1. The molecule has 1 unspecified atom stereocenters. The number of hydrogen-bond donors (Lipinski definition) is 1. The van der Waals surface area contributed by atoms with Crippen LogP contribution in [0.15, 0.2) is 65.2 Å². The molecule has 3 rings (SSSR count). The van der Waals surface area contributed by atoms with Crippen LogP contribution in [0.25, 0.3) is 10.4 Å². The number of azide groups is 1. The van der Waals surface area contributed by atoms with Crippen molar-refractivity contribution in [3.63, 3.8) is 0 Å². The molecule has 1 aromatic carbocycles. The summed E-state index contributed by atoms with van der Waals surface area (Å²) < 4.78 is 36.0. The number of carbonyl (C=O) groups is 1. The minimum Gasteiger partial charge on any atom is -0.347 e. The number of nitrogens with zero attached hydrogens (tertiary/aromatic N) is 5. The Bertz CT molecular complexity index is 1070. The highest BCUT2D eigenvalue weighted by atomic mass is 19.3. The Kier molecular flexibility index (Phi) is 6.47. The Morgan fingerprint density at radius 1 is 1.45 bits per heavy atom. The number of halogens is 2. The smallest absolute Gasteiger partial charge is 0.347 e. The van der Waals surface area contributed by atoms with Crippen molar-refractivity contribution in [2.45, 2.75) is 37.6 Å². The molecule has 1 aromatic heterocycles. The molecule has 9 nitrogen and oxygen atoms in total. The molecule has 0 radical (unpaired) electrons. The topological polar surface area (TPSA) is 122 Å². The van der Waals surface area contributed by atoms with Crippen LogP contribution in [0.1, 0.15) is 29.9 Å². The van der Waals surface area contributed by atoms with Gasteiger partial charge < -0.3 is 10.1 Å². The molecule has 0 saturated carbocycles. The SMILES string of the molecule is C=CCC(N=[N+]=[N-])[C@H]1O[C@@H](n2ccc(NC(=O)c3ccccc3)nc2=O)C(F)(F)[C@@H]1C. The first kappa shape index (κ1) is 22.1. The zero-order valence-corrected chi connectivity index (χ0v) is 16.6. The molecule has 1 saturated heterocycles.